The summed E-state index contributed by atoms with van der Waals surface area (Å²) in [6, 6.07) is 125. The number of aromatic nitrogens is 9. The molecular weight excluding hydrogens is 1360 g/mol. The smallest absolute Gasteiger partial charge is 0.238 e. The van der Waals surface area contributed by atoms with Gasteiger partial charge in [0, 0.05) is 93.1 Å². The second-order valence-corrected chi connectivity index (χ2v) is 28.4. The van der Waals surface area contributed by atoms with Crippen LogP contribution in [-0.4, -0.2) is 43.6 Å². The van der Waals surface area contributed by atoms with Gasteiger partial charge in [-0.25, -0.2) is 19.9 Å². The molecule has 0 saturated heterocycles. The van der Waals surface area contributed by atoms with Crippen LogP contribution in [0, 0.1) is 0 Å². The van der Waals surface area contributed by atoms with Crippen molar-refractivity contribution in [2.24, 2.45) is 0 Å². The highest BCUT2D eigenvalue weighted by molar-refractivity contribution is 6.29. The molecule has 0 atom stereocenters. The second-order valence-electron chi connectivity index (χ2n) is 28.4. The van der Waals surface area contributed by atoms with Crippen molar-refractivity contribution < 1.29 is 8.83 Å². The van der Waals surface area contributed by atoms with Crippen LogP contribution in [0.4, 0.5) is 0 Å². The zero-order valence-electron chi connectivity index (χ0n) is 59.4. The van der Waals surface area contributed by atoms with Gasteiger partial charge in [-0.3, -0.25) is 4.57 Å². The largest absolute Gasteiger partial charge is 0.456 e. The standard InChI is InChI=1S/C51H30N4O.C49H29N5O/c1-3-15-33(16-4-1)49-52-50(34-17-5-2-6-18-34)54-51(53-49)40-30-45-46(39-22-12-11-21-38(39)40)41-29-35(25-28-44(41)56-45)55-42-26-23-31-13-7-9-19-36(31)47(42)48-37-20-10-8-14-32(37)24-27-43(48)55;1-2-14-30(15-3-1)47-50-48(52-49(51-47)54-42-24-12-8-19-35(42)36-20-9-13-25-43(36)54)38-29-45-46(37-21-5-4-16-32(37)38)39-28-31(26-27-44(39)55-45)53-40-22-10-6-17-33(40)34-18-7-11-23-41(34)53/h1-30H;1-29H. The first-order chi connectivity index (χ1) is 55.0. The highest BCUT2D eigenvalue weighted by Crippen LogP contribution is 2.47. The second kappa shape index (κ2) is 24.7. The van der Waals surface area contributed by atoms with E-state index in [1.807, 2.05) is 91.0 Å². The highest BCUT2D eigenvalue weighted by Gasteiger charge is 2.26. The fourth-order valence-corrected chi connectivity index (χ4v) is 17.3. The van der Waals surface area contributed by atoms with E-state index >= 15 is 0 Å². The summed E-state index contributed by atoms with van der Waals surface area (Å²) in [5.41, 5.74) is 16.7. The fraction of sp³-hybridized carbons (Fsp3) is 0. The van der Waals surface area contributed by atoms with Gasteiger partial charge in [0.05, 0.1) is 33.1 Å². The van der Waals surface area contributed by atoms with Crippen molar-refractivity contribution in [2.75, 3.05) is 0 Å². The third kappa shape index (κ3) is 9.79. The lowest BCUT2D eigenvalue weighted by atomic mass is 9.98. The SMILES string of the molecule is c1ccc(-c2nc(-c3cc4oc5ccc(-n6c7ccccc7c7ccccc76)cc5c4c4ccccc34)nc(-n3c4ccccc4c4ccccc43)n2)cc1.c1ccc(-c2nc(-c3ccccc3)nc(-c3cc4oc5ccc(-n6c7ccc8ccccc8c7c7c8ccccc8ccc76)cc5c4c4ccccc34)n2)cc1. The van der Waals surface area contributed by atoms with E-state index in [1.54, 1.807) is 0 Å². The number of hydrogen-bond donors (Lipinski definition) is 0. The van der Waals surface area contributed by atoms with Crippen molar-refractivity contribution >= 4 is 152 Å². The van der Waals surface area contributed by atoms with Gasteiger partial charge in [0.2, 0.25) is 5.95 Å². The third-order valence-corrected chi connectivity index (χ3v) is 22.2. The topological polar surface area (TPSA) is 118 Å². The van der Waals surface area contributed by atoms with Gasteiger partial charge in [-0.05, 0) is 128 Å². The zero-order chi connectivity index (χ0) is 72.8. The van der Waals surface area contributed by atoms with Gasteiger partial charge in [0.1, 0.15) is 22.3 Å². The van der Waals surface area contributed by atoms with Crippen molar-refractivity contribution in [3.63, 3.8) is 0 Å². The number of hydrogen-bond acceptors (Lipinski definition) is 8. The van der Waals surface area contributed by atoms with E-state index in [4.69, 9.17) is 38.7 Å². The molecule has 0 bridgehead atoms. The molecule has 0 fully saturated rings. The predicted molar refractivity (Wildman–Crippen MR) is 454 cm³/mol. The van der Waals surface area contributed by atoms with Gasteiger partial charge in [-0.1, -0.05) is 273 Å². The summed E-state index contributed by atoms with van der Waals surface area (Å²) in [4.78, 5) is 30.7. The van der Waals surface area contributed by atoms with Crippen LogP contribution in [0.2, 0.25) is 0 Å². The molecule has 516 valence electrons. The fourth-order valence-electron chi connectivity index (χ4n) is 17.3. The van der Waals surface area contributed by atoms with Gasteiger partial charge in [0.15, 0.2) is 29.1 Å². The summed E-state index contributed by atoms with van der Waals surface area (Å²) in [5, 5.41) is 20.8. The molecule has 0 amide bonds. The number of fused-ring (bicyclic) bond motifs is 23. The maximum absolute atomic E-state index is 6.73. The van der Waals surface area contributed by atoms with Crippen LogP contribution in [0.1, 0.15) is 0 Å². The number of furan rings is 2. The Labute approximate surface area is 633 Å². The van der Waals surface area contributed by atoms with E-state index in [0.29, 0.717) is 35.1 Å². The molecule has 0 aliphatic rings. The van der Waals surface area contributed by atoms with Crippen LogP contribution in [0.15, 0.2) is 367 Å². The Bertz CT molecular complexity index is 7710. The summed E-state index contributed by atoms with van der Waals surface area (Å²) < 4.78 is 20.4. The molecule has 11 nitrogen and oxygen atoms in total. The summed E-state index contributed by atoms with van der Waals surface area (Å²) in [5.74, 6) is 3.59. The van der Waals surface area contributed by atoms with E-state index in [-0.39, 0.29) is 0 Å². The minimum absolute atomic E-state index is 0.561. The van der Waals surface area contributed by atoms with Crippen molar-refractivity contribution in [1.29, 1.82) is 0 Å². The molecule has 24 aromatic rings. The average Bonchev–Trinajstić information content (AvgIpc) is 1.56. The summed E-state index contributed by atoms with van der Waals surface area (Å²) in [7, 11) is 0. The molecule has 0 radical (unpaired) electrons. The Morgan fingerprint density at radius 2 is 0.505 bits per heavy atom. The Balaban J connectivity index is 0.000000133. The van der Waals surface area contributed by atoms with Crippen LogP contribution in [0.25, 0.3) is 227 Å². The molecule has 7 heterocycles. The van der Waals surface area contributed by atoms with Crippen LogP contribution < -0.4 is 0 Å². The minimum atomic E-state index is 0.561. The summed E-state index contributed by atoms with van der Waals surface area (Å²) in [6.07, 6.45) is 0. The molecule has 0 saturated carbocycles. The van der Waals surface area contributed by atoms with Crippen LogP contribution in [0.5, 0.6) is 0 Å². The van der Waals surface area contributed by atoms with Gasteiger partial charge < -0.3 is 18.0 Å². The Kier molecular flexibility index (Phi) is 13.8. The Morgan fingerprint density at radius 3 is 0.928 bits per heavy atom. The monoisotopic (exact) mass is 1420 g/mol. The minimum Gasteiger partial charge on any atom is -0.456 e. The van der Waals surface area contributed by atoms with E-state index in [2.05, 4.69) is 281 Å². The molecule has 111 heavy (non-hydrogen) atoms. The van der Waals surface area contributed by atoms with E-state index < -0.39 is 0 Å². The molecule has 0 unspecified atom stereocenters. The average molecular weight is 1420 g/mol. The summed E-state index contributed by atoms with van der Waals surface area (Å²) >= 11 is 0. The van der Waals surface area contributed by atoms with Crippen LogP contribution in [-0.2, 0) is 0 Å². The molecule has 0 spiro atoms. The van der Waals surface area contributed by atoms with Gasteiger partial charge in [0.25, 0.3) is 0 Å². The third-order valence-electron chi connectivity index (χ3n) is 22.2. The number of para-hydroxylation sites is 4. The van der Waals surface area contributed by atoms with E-state index in [9.17, 15) is 0 Å². The molecule has 7 aromatic heterocycles. The van der Waals surface area contributed by atoms with Gasteiger partial charge >= 0.3 is 0 Å². The Morgan fingerprint density at radius 1 is 0.189 bits per heavy atom. The van der Waals surface area contributed by atoms with E-state index in [1.165, 1.54) is 65.2 Å². The number of benzene rings is 17. The quantitative estimate of drug-likeness (QED) is 0.148. The maximum atomic E-state index is 6.73. The molecule has 17 aromatic carbocycles. The van der Waals surface area contributed by atoms with E-state index in [0.717, 1.165) is 126 Å². The van der Waals surface area contributed by atoms with Crippen molar-refractivity contribution in [3.8, 4) is 74.3 Å². The van der Waals surface area contributed by atoms with Gasteiger partial charge in [-0.2, -0.15) is 9.97 Å². The molecule has 0 N–H and O–H groups in total. The number of nitrogens with zero attached hydrogens (tertiary/aromatic N) is 9. The predicted octanol–water partition coefficient (Wildman–Crippen LogP) is 25.8. The normalized spacial score (nSPS) is 12.0. The summed E-state index contributed by atoms with van der Waals surface area (Å²) in [6.45, 7) is 0. The van der Waals surface area contributed by atoms with Crippen molar-refractivity contribution in [1.82, 2.24) is 43.6 Å². The molecule has 24 rings (SSSR count). The molecular formula is C100H59N9O2. The lowest BCUT2D eigenvalue weighted by molar-refractivity contribution is 0.669. The lowest BCUT2D eigenvalue weighted by Crippen LogP contribution is -2.06. The number of rotatable bonds is 8. The first kappa shape index (κ1) is 62.0. The van der Waals surface area contributed by atoms with Gasteiger partial charge in [-0.15, -0.1) is 0 Å². The molecule has 11 heteroatoms. The molecule has 0 aliphatic heterocycles. The first-order valence-electron chi connectivity index (χ1n) is 37.3. The highest BCUT2D eigenvalue weighted by atomic mass is 16.3. The first-order valence-corrected chi connectivity index (χ1v) is 37.3. The van der Waals surface area contributed by atoms with Crippen LogP contribution in [0.3, 0.4) is 0 Å². The lowest BCUT2D eigenvalue weighted by Gasteiger charge is -2.12. The van der Waals surface area contributed by atoms with Crippen molar-refractivity contribution in [3.05, 3.63) is 358 Å². The van der Waals surface area contributed by atoms with Crippen LogP contribution >= 0.6 is 0 Å². The Hall–Kier alpha value is -15.2. The zero-order valence-corrected chi connectivity index (χ0v) is 59.4. The van der Waals surface area contributed by atoms with Crippen molar-refractivity contribution in [2.45, 2.75) is 0 Å². The maximum Gasteiger partial charge on any atom is 0.238 e. The molecule has 0 aliphatic carbocycles.